The minimum absolute atomic E-state index is 0.0927. The third-order valence-electron chi connectivity index (χ3n) is 3.95. The van der Waals surface area contributed by atoms with Crippen molar-refractivity contribution in [1.82, 2.24) is 15.2 Å². The van der Waals surface area contributed by atoms with Gasteiger partial charge in [-0.1, -0.05) is 29.8 Å². The van der Waals surface area contributed by atoms with Crippen molar-refractivity contribution in [3.05, 3.63) is 58.9 Å². The molecule has 23 heavy (non-hydrogen) atoms. The van der Waals surface area contributed by atoms with Gasteiger partial charge in [-0.15, -0.1) is 0 Å². The number of halogens is 1. The summed E-state index contributed by atoms with van der Waals surface area (Å²) in [7, 11) is 1.64. The number of nitrogens with zero attached hydrogens (tertiary/aromatic N) is 2. The summed E-state index contributed by atoms with van der Waals surface area (Å²) < 4.78 is 5.45. The molecule has 1 N–H and O–H groups in total. The molecular formula is C17H18ClN3O2. The lowest BCUT2D eigenvalue weighted by Crippen LogP contribution is -2.49. The van der Waals surface area contributed by atoms with Crippen molar-refractivity contribution < 1.29 is 9.53 Å². The van der Waals surface area contributed by atoms with E-state index in [0.29, 0.717) is 23.8 Å². The summed E-state index contributed by atoms with van der Waals surface area (Å²) in [6.07, 6.45) is 1.50. The Kier molecular flexibility index (Phi) is 4.79. The van der Waals surface area contributed by atoms with Gasteiger partial charge >= 0.3 is 0 Å². The van der Waals surface area contributed by atoms with Crippen molar-refractivity contribution in [3.63, 3.8) is 0 Å². The lowest BCUT2D eigenvalue weighted by molar-refractivity contribution is 0.0625. The number of benzene rings is 1. The zero-order valence-electron chi connectivity index (χ0n) is 12.8. The summed E-state index contributed by atoms with van der Waals surface area (Å²) in [5.41, 5.74) is 1.39. The van der Waals surface area contributed by atoms with Crippen LogP contribution in [0.15, 0.2) is 42.6 Å². The second kappa shape index (κ2) is 6.98. The molecule has 1 saturated heterocycles. The van der Waals surface area contributed by atoms with E-state index in [-0.39, 0.29) is 11.9 Å². The van der Waals surface area contributed by atoms with Gasteiger partial charge in [-0.25, -0.2) is 4.98 Å². The number of methoxy groups -OCH3 is 1. The lowest BCUT2D eigenvalue weighted by atomic mass is 10.0. The molecule has 0 spiro atoms. The Morgan fingerprint density at radius 3 is 2.91 bits per heavy atom. The number of rotatable bonds is 3. The molecule has 1 aliphatic rings. The van der Waals surface area contributed by atoms with Crippen LogP contribution in [-0.2, 0) is 0 Å². The van der Waals surface area contributed by atoms with Crippen LogP contribution in [0.2, 0.25) is 5.02 Å². The van der Waals surface area contributed by atoms with Crippen LogP contribution in [0.3, 0.4) is 0 Å². The third-order valence-corrected chi connectivity index (χ3v) is 4.17. The molecular weight excluding hydrogens is 314 g/mol. The monoisotopic (exact) mass is 331 g/mol. The number of amides is 1. The van der Waals surface area contributed by atoms with E-state index in [9.17, 15) is 4.79 Å². The Balaban J connectivity index is 1.92. The first-order valence-electron chi connectivity index (χ1n) is 7.47. The number of hydrogen-bond donors (Lipinski definition) is 1. The Labute approximate surface area is 140 Å². The van der Waals surface area contributed by atoms with Crippen LogP contribution in [0, 0.1) is 0 Å². The molecule has 0 bridgehead atoms. The number of aromatic nitrogens is 1. The topological polar surface area (TPSA) is 54.5 Å². The molecule has 1 amide bonds. The molecule has 1 fully saturated rings. The molecule has 0 radical (unpaired) electrons. The van der Waals surface area contributed by atoms with Gasteiger partial charge in [0.2, 0.25) is 0 Å². The smallest absolute Gasteiger partial charge is 0.273 e. The maximum atomic E-state index is 12.8. The first-order chi connectivity index (χ1) is 11.2. The molecule has 1 atom stereocenters. The van der Waals surface area contributed by atoms with Crippen LogP contribution in [0.1, 0.15) is 22.1 Å². The number of carbonyl (C=O) groups excluding carboxylic acids is 1. The average molecular weight is 332 g/mol. The number of carbonyl (C=O) groups is 1. The third kappa shape index (κ3) is 3.30. The van der Waals surface area contributed by atoms with Crippen molar-refractivity contribution >= 4 is 17.5 Å². The maximum absolute atomic E-state index is 12.8. The summed E-state index contributed by atoms with van der Waals surface area (Å²) >= 11 is 5.85. The molecule has 1 aromatic heterocycles. The van der Waals surface area contributed by atoms with Crippen molar-refractivity contribution in [3.8, 4) is 5.75 Å². The van der Waals surface area contributed by atoms with Gasteiger partial charge in [0, 0.05) is 31.4 Å². The zero-order valence-corrected chi connectivity index (χ0v) is 13.6. The van der Waals surface area contributed by atoms with Gasteiger partial charge in [0.1, 0.15) is 11.4 Å². The number of pyridine rings is 1. The summed E-state index contributed by atoms with van der Waals surface area (Å²) in [6, 6.07) is 11.0. The summed E-state index contributed by atoms with van der Waals surface area (Å²) in [6.45, 7) is 2.05. The van der Waals surface area contributed by atoms with Crippen LogP contribution in [-0.4, -0.2) is 42.5 Å². The first kappa shape index (κ1) is 15.8. The average Bonchev–Trinajstić information content (AvgIpc) is 2.62. The Morgan fingerprint density at radius 2 is 2.17 bits per heavy atom. The fourth-order valence-corrected chi connectivity index (χ4v) is 2.93. The summed E-state index contributed by atoms with van der Waals surface area (Å²) in [4.78, 5) is 18.8. The van der Waals surface area contributed by atoms with Gasteiger partial charge in [-0.3, -0.25) is 4.79 Å². The van der Waals surface area contributed by atoms with E-state index in [4.69, 9.17) is 16.3 Å². The van der Waals surface area contributed by atoms with Crippen LogP contribution in [0.25, 0.3) is 0 Å². The van der Waals surface area contributed by atoms with Gasteiger partial charge in [0.05, 0.1) is 18.2 Å². The highest BCUT2D eigenvalue weighted by Crippen LogP contribution is 2.31. The highest BCUT2D eigenvalue weighted by molar-refractivity contribution is 6.30. The molecule has 0 saturated carbocycles. The van der Waals surface area contributed by atoms with Gasteiger partial charge in [0.25, 0.3) is 5.91 Å². The highest BCUT2D eigenvalue weighted by Gasteiger charge is 2.30. The Morgan fingerprint density at radius 1 is 1.35 bits per heavy atom. The second-order valence-corrected chi connectivity index (χ2v) is 5.76. The van der Waals surface area contributed by atoms with Gasteiger partial charge in [-0.2, -0.15) is 0 Å². The first-order valence-corrected chi connectivity index (χ1v) is 7.84. The van der Waals surface area contributed by atoms with Crippen LogP contribution >= 0.6 is 11.6 Å². The number of para-hydroxylation sites is 1. The molecule has 3 rings (SSSR count). The fraction of sp³-hybridized carbons (Fsp3) is 0.294. The summed E-state index contributed by atoms with van der Waals surface area (Å²) in [5, 5.41) is 3.86. The molecule has 120 valence electrons. The lowest BCUT2D eigenvalue weighted by Gasteiger charge is -2.36. The molecule has 2 aromatic rings. The van der Waals surface area contributed by atoms with E-state index in [1.165, 1.54) is 6.20 Å². The zero-order chi connectivity index (χ0) is 16.2. The van der Waals surface area contributed by atoms with Crippen LogP contribution in [0.4, 0.5) is 0 Å². The maximum Gasteiger partial charge on any atom is 0.273 e. The molecule has 5 nitrogen and oxygen atoms in total. The van der Waals surface area contributed by atoms with Crippen molar-refractivity contribution in [2.24, 2.45) is 0 Å². The number of ether oxygens (including phenoxy) is 1. The van der Waals surface area contributed by atoms with Gasteiger partial charge in [-0.05, 0) is 18.2 Å². The molecule has 1 unspecified atom stereocenters. The van der Waals surface area contributed by atoms with Gasteiger partial charge in [0.15, 0.2) is 0 Å². The predicted molar refractivity (Wildman–Crippen MR) is 88.9 cm³/mol. The van der Waals surface area contributed by atoms with Crippen molar-refractivity contribution in [1.29, 1.82) is 0 Å². The molecule has 1 aliphatic heterocycles. The van der Waals surface area contributed by atoms with Crippen molar-refractivity contribution in [2.45, 2.75) is 6.04 Å². The van der Waals surface area contributed by atoms with E-state index < -0.39 is 0 Å². The van der Waals surface area contributed by atoms with E-state index in [1.54, 1.807) is 19.2 Å². The normalized spacial score (nSPS) is 17.8. The predicted octanol–water partition coefficient (Wildman–Crippen LogP) is 2.53. The SMILES string of the molecule is COc1ccccc1C1CNCCN1C(=O)c1ccc(Cl)cn1. The Bertz CT molecular complexity index is 690. The van der Waals surface area contributed by atoms with Crippen molar-refractivity contribution in [2.75, 3.05) is 26.7 Å². The number of hydrogen-bond acceptors (Lipinski definition) is 4. The van der Waals surface area contributed by atoms with E-state index >= 15 is 0 Å². The van der Waals surface area contributed by atoms with Crippen LogP contribution in [0.5, 0.6) is 5.75 Å². The van der Waals surface area contributed by atoms with E-state index in [1.807, 2.05) is 29.2 Å². The molecule has 2 heterocycles. The quantitative estimate of drug-likeness (QED) is 0.939. The van der Waals surface area contributed by atoms with Gasteiger partial charge < -0.3 is 15.0 Å². The Hall–Kier alpha value is -2.11. The highest BCUT2D eigenvalue weighted by atomic mass is 35.5. The minimum atomic E-state index is -0.0981. The summed E-state index contributed by atoms with van der Waals surface area (Å²) in [5.74, 6) is 0.683. The number of nitrogens with one attached hydrogen (secondary N) is 1. The molecule has 1 aromatic carbocycles. The largest absolute Gasteiger partial charge is 0.496 e. The number of piperazine rings is 1. The minimum Gasteiger partial charge on any atom is -0.496 e. The van der Waals surface area contributed by atoms with Crippen LogP contribution < -0.4 is 10.1 Å². The molecule has 6 heteroatoms. The van der Waals surface area contributed by atoms with E-state index in [0.717, 1.165) is 17.9 Å². The fourth-order valence-electron chi connectivity index (χ4n) is 2.82. The van der Waals surface area contributed by atoms with E-state index in [2.05, 4.69) is 10.3 Å². The standard InChI is InChI=1S/C17H18ClN3O2/c1-23-16-5-3-2-4-13(16)15-11-19-8-9-21(15)17(22)14-7-6-12(18)10-20-14/h2-7,10,15,19H,8-9,11H2,1H3. The second-order valence-electron chi connectivity index (χ2n) is 5.32. The molecule has 0 aliphatic carbocycles.